The smallest absolute Gasteiger partial charge is 0.196 e. The third-order valence-electron chi connectivity index (χ3n) is 2.70. The summed E-state index contributed by atoms with van der Waals surface area (Å²) in [6.45, 7) is 7.30. The molecule has 0 saturated carbocycles. The molecule has 0 amide bonds. The second kappa shape index (κ2) is 6.32. The molecule has 0 spiro atoms. The summed E-state index contributed by atoms with van der Waals surface area (Å²) in [6.07, 6.45) is 0. The molecule has 0 radical (unpaired) electrons. The topological polar surface area (TPSA) is 89.8 Å². The molecule has 0 unspecified atom stereocenters. The zero-order valence-corrected chi connectivity index (χ0v) is 13.4. The first-order valence-corrected chi connectivity index (χ1v) is 7.55. The Morgan fingerprint density at radius 1 is 1.05 bits per heavy atom. The molecule has 6 heteroatoms. The maximum atomic E-state index is 5.66. The van der Waals surface area contributed by atoms with Crippen molar-refractivity contribution in [3.8, 4) is 0 Å². The van der Waals surface area contributed by atoms with Gasteiger partial charge in [-0.05, 0) is 50.2 Å². The van der Waals surface area contributed by atoms with E-state index >= 15 is 0 Å². The predicted molar refractivity (Wildman–Crippen MR) is 88.0 cm³/mol. The summed E-state index contributed by atoms with van der Waals surface area (Å²) in [5, 5.41) is 4.02. The van der Waals surface area contributed by atoms with Gasteiger partial charge in [-0.3, -0.25) is 0 Å². The molecule has 21 heavy (non-hydrogen) atoms. The summed E-state index contributed by atoms with van der Waals surface area (Å²) in [5.74, 6) is 0.770. The van der Waals surface area contributed by atoms with Gasteiger partial charge in [0.05, 0.1) is 0 Å². The second-order valence-electron chi connectivity index (χ2n) is 5.85. The number of nitrogen functional groups attached to an aromatic ring is 2. The van der Waals surface area contributed by atoms with Gasteiger partial charge in [-0.25, -0.2) is 9.97 Å². The predicted octanol–water partition coefficient (Wildman–Crippen LogP) is 2.68. The van der Waals surface area contributed by atoms with E-state index in [9.17, 15) is 0 Å². The van der Waals surface area contributed by atoms with Crippen LogP contribution >= 0.6 is 11.8 Å². The van der Waals surface area contributed by atoms with Gasteiger partial charge in [0.2, 0.25) is 0 Å². The molecule has 2 aromatic rings. The average Bonchev–Trinajstić information content (AvgIpc) is 2.36. The standard InChI is InChI=1S/C15H21N5S/c1-15(2,3)18-9-10-4-6-11(7-5-10)21-14-19-12(16)8-13(17)20-14/h4-8,18H,9H2,1-3H3,(H4,16,17,19,20). The molecule has 1 aromatic heterocycles. The first-order chi connectivity index (χ1) is 9.82. The van der Waals surface area contributed by atoms with E-state index in [1.165, 1.54) is 17.3 Å². The molecule has 0 saturated heterocycles. The minimum absolute atomic E-state index is 0.111. The van der Waals surface area contributed by atoms with Crippen LogP contribution in [0.5, 0.6) is 0 Å². The number of nitrogens with zero attached hydrogens (tertiary/aromatic N) is 2. The molecule has 0 bridgehead atoms. The van der Waals surface area contributed by atoms with Gasteiger partial charge < -0.3 is 16.8 Å². The molecule has 0 aliphatic rings. The van der Waals surface area contributed by atoms with Crippen molar-refractivity contribution in [3.05, 3.63) is 35.9 Å². The Morgan fingerprint density at radius 2 is 1.62 bits per heavy atom. The molecule has 0 atom stereocenters. The van der Waals surface area contributed by atoms with Crippen LogP contribution in [0.3, 0.4) is 0 Å². The summed E-state index contributed by atoms with van der Waals surface area (Å²) in [4.78, 5) is 9.37. The van der Waals surface area contributed by atoms with Gasteiger partial charge in [-0.15, -0.1) is 0 Å². The van der Waals surface area contributed by atoms with Crippen LogP contribution < -0.4 is 16.8 Å². The van der Waals surface area contributed by atoms with Crippen LogP contribution in [0.1, 0.15) is 26.3 Å². The summed E-state index contributed by atoms with van der Waals surface area (Å²) < 4.78 is 0. The molecule has 1 heterocycles. The third-order valence-corrected chi connectivity index (χ3v) is 3.57. The number of rotatable bonds is 4. The van der Waals surface area contributed by atoms with Crippen molar-refractivity contribution in [2.45, 2.75) is 42.9 Å². The van der Waals surface area contributed by atoms with Crippen molar-refractivity contribution in [2.24, 2.45) is 0 Å². The van der Waals surface area contributed by atoms with Crippen molar-refractivity contribution >= 4 is 23.4 Å². The van der Waals surface area contributed by atoms with E-state index in [1.807, 2.05) is 12.1 Å². The van der Waals surface area contributed by atoms with Gasteiger partial charge >= 0.3 is 0 Å². The molecule has 2 rings (SSSR count). The van der Waals surface area contributed by atoms with E-state index in [-0.39, 0.29) is 5.54 Å². The summed E-state index contributed by atoms with van der Waals surface area (Å²) >= 11 is 1.45. The highest BCUT2D eigenvalue weighted by Gasteiger charge is 2.08. The van der Waals surface area contributed by atoms with E-state index in [0.29, 0.717) is 16.8 Å². The highest BCUT2D eigenvalue weighted by Crippen LogP contribution is 2.26. The highest BCUT2D eigenvalue weighted by atomic mass is 32.2. The molecular weight excluding hydrogens is 282 g/mol. The van der Waals surface area contributed by atoms with E-state index in [1.54, 1.807) is 6.07 Å². The SMILES string of the molecule is CC(C)(C)NCc1ccc(Sc2nc(N)cc(N)n2)cc1. The Morgan fingerprint density at radius 3 is 2.14 bits per heavy atom. The van der Waals surface area contributed by atoms with Crippen LogP contribution in [0.15, 0.2) is 40.4 Å². The van der Waals surface area contributed by atoms with Crippen molar-refractivity contribution in [1.82, 2.24) is 15.3 Å². The van der Waals surface area contributed by atoms with Gasteiger partial charge in [0.25, 0.3) is 0 Å². The Bertz CT molecular complexity index is 584. The van der Waals surface area contributed by atoms with Crippen molar-refractivity contribution in [1.29, 1.82) is 0 Å². The Hall–Kier alpha value is -1.79. The molecule has 0 aliphatic heterocycles. The van der Waals surface area contributed by atoms with Crippen molar-refractivity contribution < 1.29 is 0 Å². The zero-order chi connectivity index (χ0) is 15.5. The van der Waals surface area contributed by atoms with Crippen LogP contribution in [0.2, 0.25) is 0 Å². The lowest BCUT2D eigenvalue weighted by molar-refractivity contribution is 0.424. The monoisotopic (exact) mass is 303 g/mol. The van der Waals surface area contributed by atoms with Gasteiger partial charge in [0.15, 0.2) is 5.16 Å². The summed E-state index contributed by atoms with van der Waals surface area (Å²) in [5.41, 5.74) is 12.7. The lowest BCUT2D eigenvalue weighted by Crippen LogP contribution is -2.35. The van der Waals surface area contributed by atoms with Gasteiger partial charge in [0.1, 0.15) is 11.6 Å². The molecular formula is C15H21N5S. The fourth-order valence-electron chi connectivity index (χ4n) is 1.66. The minimum atomic E-state index is 0.111. The Kier molecular flexibility index (Phi) is 4.69. The maximum absolute atomic E-state index is 5.66. The molecule has 1 aromatic carbocycles. The minimum Gasteiger partial charge on any atom is -0.383 e. The van der Waals surface area contributed by atoms with E-state index in [2.05, 4.69) is 48.2 Å². The van der Waals surface area contributed by atoms with Gasteiger partial charge in [0, 0.05) is 23.0 Å². The fourth-order valence-corrected chi connectivity index (χ4v) is 2.44. The normalized spacial score (nSPS) is 11.6. The highest BCUT2D eigenvalue weighted by molar-refractivity contribution is 7.99. The van der Waals surface area contributed by atoms with Crippen molar-refractivity contribution in [3.63, 3.8) is 0 Å². The molecule has 5 N–H and O–H groups in total. The number of aromatic nitrogens is 2. The Balaban J connectivity index is 2.02. The number of nitrogens with one attached hydrogen (secondary N) is 1. The van der Waals surface area contributed by atoms with Crippen LogP contribution in [-0.4, -0.2) is 15.5 Å². The van der Waals surface area contributed by atoms with Gasteiger partial charge in [-0.1, -0.05) is 12.1 Å². The van der Waals surface area contributed by atoms with E-state index in [4.69, 9.17) is 11.5 Å². The van der Waals surface area contributed by atoms with Crippen LogP contribution in [0.25, 0.3) is 0 Å². The third kappa shape index (κ3) is 5.24. The number of anilines is 2. The molecule has 0 fully saturated rings. The first-order valence-electron chi connectivity index (χ1n) is 6.74. The fraction of sp³-hybridized carbons (Fsp3) is 0.333. The van der Waals surface area contributed by atoms with Crippen molar-refractivity contribution in [2.75, 3.05) is 11.5 Å². The lowest BCUT2D eigenvalue weighted by Gasteiger charge is -2.20. The van der Waals surface area contributed by atoms with E-state index in [0.717, 1.165) is 11.4 Å². The van der Waals surface area contributed by atoms with E-state index < -0.39 is 0 Å². The first kappa shape index (κ1) is 15.6. The summed E-state index contributed by atoms with van der Waals surface area (Å²) in [7, 11) is 0. The van der Waals surface area contributed by atoms with Crippen LogP contribution in [0, 0.1) is 0 Å². The molecule has 5 nitrogen and oxygen atoms in total. The number of benzene rings is 1. The maximum Gasteiger partial charge on any atom is 0.196 e. The summed E-state index contributed by atoms with van der Waals surface area (Å²) in [6, 6.07) is 9.83. The Labute approximate surface area is 129 Å². The number of hydrogen-bond acceptors (Lipinski definition) is 6. The quantitative estimate of drug-likeness (QED) is 0.752. The van der Waals surface area contributed by atoms with Gasteiger partial charge in [-0.2, -0.15) is 0 Å². The van der Waals surface area contributed by atoms with Crippen LogP contribution in [0.4, 0.5) is 11.6 Å². The second-order valence-corrected chi connectivity index (χ2v) is 6.89. The molecule has 0 aliphatic carbocycles. The number of hydrogen-bond donors (Lipinski definition) is 3. The largest absolute Gasteiger partial charge is 0.383 e. The van der Waals surface area contributed by atoms with Crippen LogP contribution in [-0.2, 0) is 6.54 Å². The molecule has 112 valence electrons. The number of nitrogens with two attached hydrogens (primary N) is 2. The lowest BCUT2D eigenvalue weighted by atomic mass is 10.1. The zero-order valence-electron chi connectivity index (χ0n) is 12.6. The average molecular weight is 303 g/mol.